The number of nitrogens with zero attached hydrogens (tertiary/aromatic N) is 4. The number of hydrogen-bond donors (Lipinski definition) is 1. The third kappa shape index (κ3) is 8.97. The Labute approximate surface area is 242 Å². The highest BCUT2D eigenvalue weighted by Crippen LogP contribution is 2.28. The van der Waals surface area contributed by atoms with Gasteiger partial charge in [-0.2, -0.15) is 4.31 Å². The third-order valence-electron chi connectivity index (χ3n) is 7.20. The van der Waals surface area contributed by atoms with Crippen LogP contribution < -0.4 is 4.74 Å². The van der Waals surface area contributed by atoms with Crippen molar-refractivity contribution in [1.29, 1.82) is 0 Å². The van der Waals surface area contributed by atoms with Gasteiger partial charge in [0.05, 0.1) is 30.3 Å². The van der Waals surface area contributed by atoms with E-state index < -0.39 is 22.2 Å². The molecule has 2 aromatic heterocycles. The van der Waals surface area contributed by atoms with E-state index in [1.807, 2.05) is 18.2 Å². The van der Waals surface area contributed by atoms with Gasteiger partial charge >= 0.3 is 6.09 Å². The summed E-state index contributed by atoms with van der Waals surface area (Å²) in [5.41, 5.74) is 1.52. The lowest BCUT2D eigenvalue weighted by atomic mass is 10.1. The highest BCUT2D eigenvalue weighted by Gasteiger charge is 2.31. The molecule has 3 aromatic rings. The third-order valence-corrected chi connectivity index (χ3v) is 9.05. The summed E-state index contributed by atoms with van der Waals surface area (Å²) in [5.74, 6) is 0.778. The average molecular weight is 583 g/mol. The largest absolute Gasteiger partial charge is 0.497 e. The quantitative estimate of drug-likeness (QED) is 0.304. The minimum atomic E-state index is -3.90. The Morgan fingerprint density at radius 3 is 2.49 bits per heavy atom. The van der Waals surface area contributed by atoms with E-state index in [0.717, 1.165) is 31.2 Å². The number of sulfonamides is 1. The van der Waals surface area contributed by atoms with Crippen molar-refractivity contribution in [3.05, 3.63) is 84.4 Å². The van der Waals surface area contributed by atoms with Crippen molar-refractivity contribution in [2.24, 2.45) is 5.92 Å². The van der Waals surface area contributed by atoms with Gasteiger partial charge in [-0.05, 0) is 73.2 Å². The fraction of sp³-hybridized carbons (Fsp3) is 0.433. The molecule has 0 saturated heterocycles. The Kier molecular flexibility index (Phi) is 11.1. The Bertz CT molecular complexity index is 1320. The number of aromatic nitrogens is 2. The highest BCUT2D eigenvalue weighted by molar-refractivity contribution is 7.89. The van der Waals surface area contributed by atoms with Crippen LogP contribution in [0.15, 0.2) is 78.1 Å². The predicted molar refractivity (Wildman–Crippen MR) is 154 cm³/mol. The topological polar surface area (TPSA) is 122 Å². The van der Waals surface area contributed by atoms with Crippen molar-refractivity contribution in [2.45, 2.75) is 49.7 Å². The first kappa shape index (κ1) is 30.4. The first-order valence-corrected chi connectivity index (χ1v) is 15.3. The van der Waals surface area contributed by atoms with Crippen LogP contribution in [0.4, 0.5) is 4.79 Å². The van der Waals surface area contributed by atoms with Crippen LogP contribution in [0.2, 0.25) is 0 Å². The van der Waals surface area contributed by atoms with E-state index in [2.05, 4.69) is 9.97 Å². The van der Waals surface area contributed by atoms with Crippen LogP contribution in [0.3, 0.4) is 0 Å². The number of aliphatic hydroxyl groups excluding tert-OH is 1. The van der Waals surface area contributed by atoms with Crippen LogP contribution in [0.1, 0.15) is 36.9 Å². The van der Waals surface area contributed by atoms with Crippen molar-refractivity contribution in [3.8, 4) is 5.75 Å². The SMILES string of the molecule is COc1ccc(S(=O)(=O)N(CC2CCCC2)C[C@@H](O)CN(CCc2cccnc2)C(=O)OCc2ccccn2)cc1. The van der Waals surface area contributed by atoms with E-state index in [4.69, 9.17) is 9.47 Å². The van der Waals surface area contributed by atoms with E-state index in [9.17, 15) is 18.3 Å². The van der Waals surface area contributed by atoms with Gasteiger partial charge in [-0.1, -0.05) is 25.0 Å². The second kappa shape index (κ2) is 14.9. The molecule has 1 aromatic carbocycles. The zero-order valence-electron chi connectivity index (χ0n) is 23.3. The van der Waals surface area contributed by atoms with Gasteiger partial charge < -0.3 is 19.5 Å². The molecule has 1 atom stereocenters. The molecule has 0 bridgehead atoms. The van der Waals surface area contributed by atoms with Crippen molar-refractivity contribution in [3.63, 3.8) is 0 Å². The Morgan fingerprint density at radius 2 is 1.83 bits per heavy atom. The fourth-order valence-electron chi connectivity index (χ4n) is 4.97. The predicted octanol–water partition coefficient (Wildman–Crippen LogP) is 3.91. The molecule has 4 rings (SSSR count). The summed E-state index contributed by atoms with van der Waals surface area (Å²) in [4.78, 5) is 23.0. The smallest absolute Gasteiger partial charge is 0.410 e. The molecule has 2 heterocycles. The lowest BCUT2D eigenvalue weighted by Gasteiger charge is -2.30. The summed E-state index contributed by atoms with van der Waals surface area (Å²) in [6.07, 6.45) is 7.78. The van der Waals surface area contributed by atoms with E-state index in [0.29, 0.717) is 24.4 Å². The van der Waals surface area contributed by atoms with Crippen LogP contribution in [0.25, 0.3) is 0 Å². The number of pyridine rings is 2. The van der Waals surface area contributed by atoms with E-state index in [-0.39, 0.29) is 37.1 Å². The lowest BCUT2D eigenvalue weighted by molar-refractivity contribution is 0.0615. The van der Waals surface area contributed by atoms with Crippen molar-refractivity contribution in [1.82, 2.24) is 19.2 Å². The summed E-state index contributed by atoms with van der Waals surface area (Å²) < 4.78 is 39.4. The van der Waals surface area contributed by atoms with Gasteiger partial charge in [0, 0.05) is 38.2 Å². The van der Waals surface area contributed by atoms with Gasteiger partial charge in [0.25, 0.3) is 0 Å². The fourth-order valence-corrected chi connectivity index (χ4v) is 6.53. The van der Waals surface area contributed by atoms with Crippen LogP contribution in [-0.2, 0) is 27.8 Å². The van der Waals surface area contributed by atoms with Crippen molar-refractivity contribution < 1.29 is 27.8 Å². The molecule has 0 radical (unpaired) electrons. The molecule has 11 heteroatoms. The van der Waals surface area contributed by atoms with Crippen LogP contribution in [0, 0.1) is 5.92 Å². The number of aliphatic hydroxyl groups is 1. The maximum atomic E-state index is 13.7. The molecule has 0 aliphatic heterocycles. The molecule has 1 fully saturated rings. The summed E-state index contributed by atoms with van der Waals surface area (Å²) in [6, 6.07) is 15.3. The zero-order chi connectivity index (χ0) is 29.1. The second-order valence-corrected chi connectivity index (χ2v) is 12.2. The molecule has 1 saturated carbocycles. The Balaban J connectivity index is 1.48. The summed E-state index contributed by atoms with van der Waals surface area (Å²) in [6.45, 7) is 0.310. The number of rotatable bonds is 14. The maximum Gasteiger partial charge on any atom is 0.410 e. The number of hydrogen-bond acceptors (Lipinski definition) is 8. The first-order valence-electron chi connectivity index (χ1n) is 13.9. The van der Waals surface area contributed by atoms with E-state index in [1.54, 1.807) is 42.9 Å². The van der Waals surface area contributed by atoms with Gasteiger partial charge in [-0.15, -0.1) is 0 Å². The number of carbonyl (C=O) groups is 1. The number of ether oxygens (including phenoxy) is 2. The maximum absolute atomic E-state index is 13.7. The van der Waals surface area contributed by atoms with Crippen LogP contribution in [-0.4, -0.2) is 78.2 Å². The standard InChI is InChI=1S/C30H38N4O6S/c1-39-28-11-13-29(14-12-28)41(37,38)34(20-25-7-2-3-8-25)22-27(35)21-33(18-15-24-9-6-16-31-19-24)30(36)40-23-26-10-4-5-17-32-26/h4-6,9-14,16-17,19,25,27,35H,2-3,7-8,15,18,20-23H2,1H3/t27-/m0/s1. The minimum Gasteiger partial charge on any atom is -0.497 e. The molecule has 1 aliphatic rings. The number of benzene rings is 1. The van der Waals surface area contributed by atoms with Gasteiger partial charge in [0.1, 0.15) is 12.4 Å². The number of carbonyl (C=O) groups excluding carboxylic acids is 1. The van der Waals surface area contributed by atoms with Crippen molar-refractivity contribution in [2.75, 3.05) is 33.3 Å². The molecular formula is C30H38N4O6S. The van der Waals surface area contributed by atoms with Gasteiger partial charge in [-0.25, -0.2) is 13.2 Å². The molecular weight excluding hydrogens is 544 g/mol. The Morgan fingerprint density at radius 1 is 1.05 bits per heavy atom. The Hall–Kier alpha value is -3.54. The molecule has 220 valence electrons. The van der Waals surface area contributed by atoms with E-state index in [1.165, 1.54) is 28.4 Å². The molecule has 0 spiro atoms. The average Bonchev–Trinajstić information content (AvgIpc) is 3.52. The van der Waals surface area contributed by atoms with Gasteiger partial charge in [0.2, 0.25) is 10.0 Å². The molecule has 1 N–H and O–H groups in total. The summed E-state index contributed by atoms with van der Waals surface area (Å²) in [5, 5.41) is 11.2. The summed E-state index contributed by atoms with van der Waals surface area (Å²) in [7, 11) is -2.38. The van der Waals surface area contributed by atoms with Gasteiger partial charge in [0.15, 0.2) is 0 Å². The molecule has 10 nitrogen and oxygen atoms in total. The van der Waals surface area contributed by atoms with Crippen LogP contribution in [0.5, 0.6) is 5.75 Å². The summed E-state index contributed by atoms with van der Waals surface area (Å²) >= 11 is 0. The molecule has 0 unspecified atom stereocenters. The highest BCUT2D eigenvalue weighted by atomic mass is 32.2. The number of methoxy groups -OCH3 is 1. The van der Waals surface area contributed by atoms with Crippen molar-refractivity contribution >= 4 is 16.1 Å². The lowest BCUT2D eigenvalue weighted by Crippen LogP contribution is -2.46. The minimum absolute atomic E-state index is 0.0151. The second-order valence-electron chi connectivity index (χ2n) is 10.2. The van der Waals surface area contributed by atoms with Gasteiger partial charge in [-0.3, -0.25) is 9.97 Å². The molecule has 41 heavy (non-hydrogen) atoms. The molecule has 1 aliphatic carbocycles. The zero-order valence-corrected chi connectivity index (χ0v) is 24.2. The molecule has 1 amide bonds. The monoisotopic (exact) mass is 582 g/mol. The first-order chi connectivity index (χ1) is 19.8. The number of amides is 1. The van der Waals surface area contributed by atoms with E-state index >= 15 is 0 Å². The normalized spacial score (nSPS) is 14.6. The van der Waals surface area contributed by atoms with Crippen LogP contribution >= 0.6 is 0 Å².